The Morgan fingerprint density at radius 3 is 2.57 bits per heavy atom. The van der Waals surface area contributed by atoms with E-state index in [1.165, 1.54) is 5.57 Å². The second-order valence-electron chi connectivity index (χ2n) is 9.29. The van der Waals surface area contributed by atoms with Crippen LogP contribution in [0.5, 0.6) is 0 Å². The lowest BCUT2D eigenvalue weighted by Gasteiger charge is -2.43. The van der Waals surface area contributed by atoms with E-state index in [-0.39, 0.29) is 48.6 Å². The largest absolute Gasteiger partial charge is 0.481 e. The number of fused-ring (bicyclic) bond motifs is 1. The first-order valence-corrected chi connectivity index (χ1v) is 11.3. The highest BCUT2D eigenvalue weighted by atomic mass is 16.5. The maximum Gasteiger partial charge on any atom is 0.308 e. The van der Waals surface area contributed by atoms with Gasteiger partial charge in [-0.1, -0.05) is 45.9 Å². The summed E-state index contributed by atoms with van der Waals surface area (Å²) in [6, 6.07) is 0. The number of esters is 1. The van der Waals surface area contributed by atoms with Crippen molar-refractivity contribution in [2.75, 3.05) is 0 Å². The van der Waals surface area contributed by atoms with Gasteiger partial charge in [-0.3, -0.25) is 9.59 Å². The Labute approximate surface area is 180 Å². The van der Waals surface area contributed by atoms with E-state index in [0.29, 0.717) is 12.3 Å². The molecule has 0 saturated carbocycles. The lowest BCUT2D eigenvalue weighted by Crippen LogP contribution is -2.41. The number of rotatable bonds is 10. The van der Waals surface area contributed by atoms with Crippen molar-refractivity contribution in [2.24, 2.45) is 29.6 Å². The van der Waals surface area contributed by atoms with Gasteiger partial charge in [0.2, 0.25) is 0 Å². The van der Waals surface area contributed by atoms with Gasteiger partial charge in [0.05, 0.1) is 24.5 Å². The molecular weight excluding hydrogens is 384 g/mol. The van der Waals surface area contributed by atoms with Crippen molar-refractivity contribution in [2.45, 2.75) is 84.5 Å². The molecule has 0 fully saturated rings. The van der Waals surface area contributed by atoms with Gasteiger partial charge in [-0.05, 0) is 55.4 Å². The number of carbonyl (C=O) groups excluding carboxylic acids is 1. The van der Waals surface area contributed by atoms with Gasteiger partial charge in [-0.25, -0.2) is 0 Å². The number of carbonyl (C=O) groups is 2. The first kappa shape index (κ1) is 24.6. The number of aliphatic hydroxyl groups excluding tert-OH is 2. The van der Waals surface area contributed by atoms with Crippen molar-refractivity contribution >= 4 is 11.9 Å². The van der Waals surface area contributed by atoms with E-state index in [4.69, 9.17) is 9.84 Å². The molecule has 0 aromatic carbocycles. The van der Waals surface area contributed by atoms with Crippen LogP contribution in [-0.4, -0.2) is 45.6 Å². The average molecular weight is 423 g/mol. The fourth-order valence-electron chi connectivity index (χ4n) is 4.76. The van der Waals surface area contributed by atoms with Crippen LogP contribution in [0.1, 0.15) is 66.2 Å². The summed E-state index contributed by atoms with van der Waals surface area (Å²) < 4.78 is 6.00. The predicted octanol–water partition coefficient (Wildman–Crippen LogP) is 3.72. The molecule has 0 aromatic heterocycles. The van der Waals surface area contributed by atoms with Crippen LogP contribution in [0.4, 0.5) is 0 Å². The van der Waals surface area contributed by atoms with Gasteiger partial charge < -0.3 is 20.1 Å². The second kappa shape index (κ2) is 11.1. The van der Waals surface area contributed by atoms with E-state index in [1.54, 1.807) is 0 Å². The maximum atomic E-state index is 12.5. The van der Waals surface area contributed by atoms with Crippen molar-refractivity contribution in [1.82, 2.24) is 0 Å². The summed E-state index contributed by atoms with van der Waals surface area (Å²) in [7, 11) is 0. The van der Waals surface area contributed by atoms with Gasteiger partial charge in [0.1, 0.15) is 6.10 Å². The zero-order valence-electron chi connectivity index (χ0n) is 18.7. The summed E-state index contributed by atoms with van der Waals surface area (Å²) >= 11 is 0. The van der Waals surface area contributed by atoms with E-state index in [9.17, 15) is 19.8 Å². The van der Waals surface area contributed by atoms with Crippen LogP contribution in [-0.2, 0) is 14.3 Å². The molecule has 0 spiro atoms. The van der Waals surface area contributed by atoms with Crippen LogP contribution in [0.3, 0.4) is 0 Å². The lowest BCUT2D eigenvalue weighted by molar-refractivity contribution is -0.158. The predicted molar refractivity (Wildman–Crippen MR) is 115 cm³/mol. The summed E-state index contributed by atoms with van der Waals surface area (Å²) in [4.78, 5) is 23.2. The van der Waals surface area contributed by atoms with Crippen molar-refractivity contribution in [3.8, 4) is 0 Å². The summed E-state index contributed by atoms with van der Waals surface area (Å²) in [5.41, 5.74) is 1.21. The van der Waals surface area contributed by atoms with Crippen LogP contribution in [0.2, 0.25) is 0 Å². The van der Waals surface area contributed by atoms with E-state index in [2.05, 4.69) is 32.1 Å². The molecule has 2 aliphatic rings. The molecule has 8 atom stereocenters. The Morgan fingerprint density at radius 1 is 1.23 bits per heavy atom. The second-order valence-corrected chi connectivity index (χ2v) is 9.29. The molecule has 3 N–H and O–H groups in total. The summed E-state index contributed by atoms with van der Waals surface area (Å²) in [6.07, 6.45) is 7.07. The number of hydrogen-bond acceptors (Lipinski definition) is 5. The third-order valence-corrected chi connectivity index (χ3v) is 6.67. The molecular formula is C24H38O6. The van der Waals surface area contributed by atoms with E-state index in [0.717, 1.165) is 19.3 Å². The van der Waals surface area contributed by atoms with Crippen molar-refractivity contribution < 1.29 is 29.6 Å². The number of allylic oxidation sites excluding steroid dienone is 3. The topological polar surface area (TPSA) is 104 Å². The number of hydrogen-bond donors (Lipinski definition) is 3. The summed E-state index contributed by atoms with van der Waals surface area (Å²) in [5.74, 6) is -0.406. The molecule has 6 nitrogen and oxygen atoms in total. The van der Waals surface area contributed by atoms with Crippen molar-refractivity contribution in [3.05, 3.63) is 23.8 Å². The van der Waals surface area contributed by atoms with Gasteiger partial charge in [-0.15, -0.1) is 0 Å². The smallest absolute Gasteiger partial charge is 0.308 e. The van der Waals surface area contributed by atoms with Crippen molar-refractivity contribution in [1.29, 1.82) is 0 Å². The molecule has 0 heterocycles. The minimum absolute atomic E-state index is 0.0556. The highest BCUT2D eigenvalue weighted by Gasteiger charge is 2.41. The molecule has 0 radical (unpaired) electrons. The van der Waals surface area contributed by atoms with Gasteiger partial charge >= 0.3 is 11.9 Å². The molecule has 1 unspecified atom stereocenters. The first-order chi connectivity index (χ1) is 14.1. The van der Waals surface area contributed by atoms with Crippen molar-refractivity contribution in [3.63, 3.8) is 0 Å². The minimum atomic E-state index is -1.07. The minimum Gasteiger partial charge on any atom is -0.481 e. The van der Waals surface area contributed by atoms with Crippen LogP contribution in [0, 0.1) is 29.6 Å². The molecule has 6 heteroatoms. The number of aliphatic hydroxyl groups is 2. The SMILES string of the molecule is CCC(C)C(=O)O[C@H]1C[C@@H](C)C=C2C=C[C@H](C)[C@H](CC[C@H](O)C[C@H](O)CC(=O)O)[C@H]21. The summed E-state index contributed by atoms with van der Waals surface area (Å²) in [5, 5.41) is 28.9. The number of carboxylic acids is 1. The Balaban J connectivity index is 2.09. The quantitative estimate of drug-likeness (QED) is 0.464. The Bertz CT molecular complexity index is 654. The maximum absolute atomic E-state index is 12.5. The lowest BCUT2D eigenvalue weighted by atomic mass is 9.65. The normalized spacial score (nSPS) is 31.3. The molecule has 30 heavy (non-hydrogen) atoms. The molecule has 2 rings (SSSR count). The summed E-state index contributed by atoms with van der Waals surface area (Å²) in [6.45, 7) is 8.16. The molecule has 0 aromatic rings. The van der Waals surface area contributed by atoms with Crippen LogP contribution >= 0.6 is 0 Å². The van der Waals surface area contributed by atoms with Gasteiger partial charge in [0, 0.05) is 5.92 Å². The Kier molecular flexibility index (Phi) is 9.10. The van der Waals surface area contributed by atoms with Gasteiger partial charge in [-0.2, -0.15) is 0 Å². The van der Waals surface area contributed by atoms with E-state index < -0.39 is 18.2 Å². The molecule has 2 aliphatic carbocycles. The Morgan fingerprint density at radius 2 is 1.93 bits per heavy atom. The van der Waals surface area contributed by atoms with Gasteiger partial charge in [0.15, 0.2) is 0 Å². The zero-order chi connectivity index (χ0) is 22.4. The zero-order valence-corrected chi connectivity index (χ0v) is 18.7. The molecule has 0 aliphatic heterocycles. The first-order valence-electron chi connectivity index (χ1n) is 11.3. The van der Waals surface area contributed by atoms with Crippen LogP contribution < -0.4 is 0 Å². The van der Waals surface area contributed by atoms with E-state index >= 15 is 0 Å². The average Bonchev–Trinajstić information content (AvgIpc) is 2.65. The highest BCUT2D eigenvalue weighted by molar-refractivity contribution is 5.72. The molecule has 0 amide bonds. The van der Waals surface area contributed by atoms with Crippen LogP contribution in [0.25, 0.3) is 0 Å². The highest BCUT2D eigenvalue weighted by Crippen LogP contribution is 2.45. The molecule has 170 valence electrons. The van der Waals surface area contributed by atoms with Crippen LogP contribution in [0.15, 0.2) is 23.8 Å². The number of aliphatic carboxylic acids is 1. The number of ether oxygens (including phenoxy) is 1. The fourth-order valence-corrected chi connectivity index (χ4v) is 4.76. The molecule has 0 saturated heterocycles. The fraction of sp³-hybridized carbons (Fsp3) is 0.750. The Hall–Kier alpha value is -1.66. The van der Waals surface area contributed by atoms with E-state index in [1.807, 2.05) is 13.8 Å². The monoisotopic (exact) mass is 422 g/mol. The van der Waals surface area contributed by atoms with Gasteiger partial charge in [0.25, 0.3) is 0 Å². The standard InChI is InChI=1S/C24H38O6/c1-5-15(3)24(29)30-21-11-14(2)10-17-7-6-16(4)20(23(17)21)9-8-18(25)12-19(26)13-22(27)28/h6-7,10,14-16,18-21,23,25-26H,5,8-9,11-13H2,1-4H3,(H,27,28)/t14-,15?,16-,18-,19-,20-,21-,23-/m0/s1. The third kappa shape index (κ3) is 6.67. The third-order valence-electron chi connectivity index (χ3n) is 6.67. The molecule has 0 bridgehead atoms. The number of carboxylic acid groups (broad SMARTS) is 1.